The van der Waals surface area contributed by atoms with Crippen LogP contribution in [0.2, 0.25) is 0 Å². The highest BCUT2D eigenvalue weighted by Gasteiger charge is 2.40. The van der Waals surface area contributed by atoms with Gasteiger partial charge in [-0.2, -0.15) is 0 Å². The van der Waals surface area contributed by atoms with E-state index in [0.717, 1.165) is 19.3 Å². The van der Waals surface area contributed by atoms with Crippen molar-refractivity contribution < 1.29 is 19.4 Å². The van der Waals surface area contributed by atoms with Crippen LogP contribution < -0.4 is 0 Å². The molecule has 0 aromatic heterocycles. The first-order valence-corrected chi connectivity index (χ1v) is 5.68. The number of rotatable bonds is 2. The van der Waals surface area contributed by atoms with E-state index >= 15 is 0 Å². The second-order valence-electron chi connectivity index (χ2n) is 4.48. The maximum atomic E-state index is 11.1. The van der Waals surface area contributed by atoms with Crippen molar-refractivity contribution in [1.29, 1.82) is 0 Å². The van der Waals surface area contributed by atoms with Crippen LogP contribution in [0.15, 0.2) is 0 Å². The lowest BCUT2D eigenvalue weighted by Crippen LogP contribution is -2.43. The Labute approximate surface area is 89.6 Å². The van der Waals surface area contributed by atoms with E-state index < -0.39 is 5.97 Å². The van der Waals surface area contributed by atoms with Crippen LogP contribution in [0.4, 0.5) is 0 Å². The Hall–Kier alpha value is -0.610. The minimum atomic E-state index is -0.747. The van der Waals surface area contributed by atoms with Gasteiger partial charge in [-0.1, -0.05) is 0 Å². The quantitative estimate of drug-likeness (QED) is 0.755. The molecule has 2 rings (SSSR count). The largest absolute Gasteiger partial charge is 0.481 e. The molecule has 2 aliphatic rings. The van der Waals surface area contributed by atoms with Crippen molar-refractivity contribution in [2.24, 2.45) is 5.92 Å². The first-order valence-electron chi connectivity index (χ1n) is 5.68. The summed E-state index contributed by atoms with van der Waals surface area (Å²) in [7, 11) is 0. The monoisotopic (exact) mass is 214 g/mol. The highest BCUT2D eigenvalue weighted by molar-refractivity contribution is 5.71. The lowest BCUT2D eigenvalue weighted by molar-refractivity contribution is -0.162. The summed E-state index contributed by atoms with van der Waals surface area (Å²) in [5.74, 6) is -1.13. The molecule has 2 heterocycles. The number of hydrogen-bond acceptors (Lipinski definition) is 3. The maximum Gasteiger partial charge on any atom is 0.309 e. The van der Waals surface area contributed by atoms with Crippen molar-refractivity contribution >= 4 is 5.97 Å². The van der Waals surface area contributed by atoms with Crippen molar-refractivity contribution in [3.05, 3.63) is 0 Å². The van der Waals surface area contributed by atoms with E-state index in [0.29, 0.717) is 13.0 Å². The second kappa shape index (κ2) is 4.49. The van der Waals surface area contributed by atoms with E-state index in [1.165, 1.54) is 0 Å². The zero-order chi connectivity index (χ0) is 10.8. The van der Waals surface area contributed by atoms with Crippen LogP contribution in [0.25, 0.3) is 0 Å². The molecule has 0 spiro atoms. The third kappa shape index (κ3) is 2.32. The molecule has 4 nitrogen and oxygen atoms in total. The summed E-state index contributed by atoms with van der Waals surface area (Å²) >= 11 is 0. The Morgan fingerprint density at radius 1 is 1.33 bits per heavy atom. The summed E-state index contributed by atoms with van der Waals surface area (Å²) < 4.78 is 11.3. The van der Waals surface area contributed by atoms with Gasteiger partial charge >= 0.3 is 5.97 Å². The van der Waals surface area contributed by atoms with Gasteiger partial charge in [0.05, 0.1) is 24.2 Å². The summed E-state index contributed by atoms with van der Waals surface area (Å²) in [5.41, 5.74) is 0. The third-order valence-corrected chi connectivity index (χ3v) is 3.31. The summed E-state index contributed by atoms with van der Waals surface area (Å²) in [6.07, 6.45) is 3.49. The first kappa shape index (κ1) is 10.9. The number of carboxylic acids is 1. The van der Waals surface area contributed by atoms with Gasteiger partial charge in [0.1, 0.15) is 0 Å². The molecule has 4 atom stereocenters. The van der Waals surface area contributed by atoms with Crippen molar-refractivity contribution in [1.82, 2.24) is 0 Å². The molecular formula is C11H18O4. The molecule has 4 unspecified atom stereocenters. The summed E-state index contributed by atoms with van der Waals surface area (Å²) in [4.78, 5) is 11.1. The highest BCUT2D eigenvalue weighted by atomic mass is 16.6. The molecule has 0 radical (unpaired) electrons. The second-order valence-corrected chi connectivity index (χ2v) is 4.48. The molecule has 15 heavy (non-hydrogen) atoms. The molecule has 4 heteroatoms. The molecule has 0 aliphatic carbocycles. The third-order valence-electron chi connectivity index (χ3n) is 3.31. The molecular weight excluding hydrogens is 196 g/mol. The van der Waals surface area contributed by atoms with E-state index in [4.69, 9.17) is 14.6 Å². The fourth-order valence-electron chi connectivity index (χ4n) is 2.51. The Balaban J connectivity index is 2.01. The average Bonchev–Trinajstić information content (AvgIpc) is 2.65. The highest BCUT2D eigenvalue weighted by Crippen LogP contribution is 2.31. The summed E-state index contributed by atoms with van der Waals surface area (Å²) in [6, 6.07) is 0. The number of aliphatic carboxylic acids is 1. The number of carbonyl (C=O) groups is 1. The fourth-order valence-corrected chi connectivity index (χ4v) is 2.51. The molecule has 2 fully saturated rings. The van der Waals surface area contributed by atoms with Crippen LogP contribution in [0.1, 0.15) is 32.6 Å². The molecule has 0 amide bonds. The lowest BCUT2D eigenvalue weighted by Gasteiger charge is -2.32. The van der Waals surface area contributed by atoms with Gasteiger partial charge in [0, 0.05) is 6.61 Å². The van der Waals surface area contributed by atoms with Gasteiger partial charge in [-0.3, -0.25) is 4.79 Å². The minimum Gasteiger partial charge on any atom is -0.481 e. The van der Waals surface area contributed by atoms with E-state index in [-0.39, 0.29) is 24.2 Å². The number of hydrogen-bond donors (Lipinski definition) is 1. The van der Waals surface area contributed by atoms with Crippen LogP contribution in [0, 0.1) is 5.92 Å². The van der Waals surface area contributed by atoms with Crippen LogP contribution in [0.5, 0.6) is 0 Å². The Bertz CT molecular complexity index is 241. The van der Waals surface area contributed by atoms with E-state index in [1.54, 1.807) is 0 Å². The van der Waals surface area contributed by atoms with E-state index in [9.17, 15) is 4.79 Å². The Morgan fingerprint density at radius 3 is 2.73 bits per heavy atom. The van der Waals surface area contributed by atoms with Crippen molar-refractivity contribution in [3.63, 3.8) is 0 Å². The molecule has 1 N–H and O–H groups in total. The van der Waals surface area contributed by atoms with Gasteiger partial charge in [0.15, 0.2) is 0 Å². The van der Waals surface area contributed by atoms with Crippen LogP contribution in [-0.2, 0) is 14.3 Å². The SMILES string of the molecule is CC1CCC(C2OCCCC2C(=O)O)O1. The smallest absolute Gasteiger partial charge is 0.309 e. The Kier molecular flexibility index (Phi) is 3.26. The van der Waals surface area contributed by atoms with Gasteiger partial charge in [-0.25, -0.2) is 0 Å². The molecule has 0 aromatic rings. The predicted molar refractivity (Wildman–Crippen MR) is 53.7 cm³/mol. The number of carboxylic acid groups (broad SMARTS) is 1. The molecule has 0 bridgehead atoms. The summed E-state index contributed by atoms with van der Waals surface area (Å²) in [5, 5.41) is 9.10. The van der Waals surface area contributed by atoms with Crippen molar-refractivity contribution in [2.45, 2.75) is 50.9 Å². The summed E-state index contributed by atoms with van der Waals surface area (Å²) in [6.45, 7) is 2.70. The minimum absolute atomic E-state index is 0.0126. The van der Waals surface area contributed by atoms with Gasteiger partial charge in [-0.05, 0) is 32.6 Å². The van der Waals surface area contributed by atoms with Gasteiger partial charge < -0.3 is 14.6 Å². The Morgan fingerprint density at radius 2 is 2.13 bits per heavy atom. The molecule has 2 saturated heterocycles. The topological polar surface area (TPSA) is 55.8 Å². The zero-order valence-electron chi connectivity index (χ0n) is 9.02. The maximum absolute atomic E-state index is 11.1. The molecule has 2 aliphatic heterocycles. The van der Waals surface area contributed by atoms with Crippen LogP contribution >= 0.6 is 0 Å². The van der Waals surface area contributed by atoms with Gasteiger partial charge in [0.25, 0.3) is 0 Å². The number of ether oxygens (including phenoxy) is 2. The van der Waals surface area contributed by atoms with Crippen molar-refractivity contribution in [2.75, 3.05) is 6.61 Å². The van der Waals surface area contributed by atoms with Crippen molar-refractivity contribution in [3.8, 4) is 0 Å². The van der Waals surface area contributed by atoms with Gasteiger partial charge in [-0.15, -0.1) is 0 Å². The predicted octanol–water partition coefficient (Wildman–Crippen LogP) is 1.43. The van der Waals surface area contributed by atoms with E-state index in [2.05, 4.69) is 0 Å². The van der Waals surface area contributed by atoms with Gasteiger partial charge in [0.2, 0.25) is 0 Å². The van der Waals surface area contributed by atoms with E-state index in [1.807, 2.05) is 6.92 Å². The van der Waals surface area contributed by atoms with Crippen LogP contribution in [0.3, 0.4) is 0 Å². The fraction of sp³-hybridized carbons (Fsp3) is 0.909. The molecule has 0 saturated carbocycles. The standard InChI is InChI=1S/C11H18O4/c1-7-4-5-9(15-7)10-8(11(12)13)3-2-6-14-10/h7-10H,2-6H2,1H3,(H,12,13). The first-order chi connectivity index (χ1) is 7.18. The zero-order valence-corrected chi connectivity index (χ0v) is 9.02. The molecule has 86 valence electrons. The lowest BCUT2D eigenvalue weighted by atomic mass is 9.90. The normalized spacial score (nSPS) is 41.7. The molecule has 0 aromatic carbocycles. The average molecular weight is 214 g/mol. The van der Waals surface area contributed by atoms with Crippen LogP contribution in [-0.4, -0.2) is 36.0 Å².